The molecular formula is C24H15N3O5. The second-order valence-electron chi connectivity index (χ2n) is 7.23. The predicted molar refractivity (Wildman–Crippen MR) is 116 cm³/mol. The molecule has 0 aliphatic carbocycles. The maximum Gasteiger partial charge on any atom is 0.402 e. The number of fused-ring (bicyclic) bond motifs is 3. The molecule has 0 N–H and O–H groups in total. The van der Waals surface area contributed by atoms with Crippen LogP contribution in [0.2, 0.25) is 0 Å². The summed E-state index contributed by atoms with van der Waals surface area (Å²) in [4.78, 5) is 42.0. The van der Waals surface area contributed by atoms with E-state index in [-0.39, 0.29) is 11.4 Å². The summed E-state index contributed by atoms with van der Waals surface area (Å²) in [5.74, 6) is -1.62. The zero-order valence-electron chi connectivity index (χ0n) is 16.5. The van der Waals surface area contributed by atoms with Gasteiger partial charge in [-0.2, -0.15) is 0 Å². The molecule has 2 heterocycles. The Morgan fingerprint density at radius 3 is 2.44 bits per heavy atom. The number of anilines is 1. The molecule has 0 spiro atoms. The van der Waals surface area contributed by atoms with Gasteiger partial charge in [0.2, 0.25) is 0 Å². The number of hydrogen-bond acceptors (Lipinski definition) is 6. The maximum absolute atomic E-state index is 13.2. The average Bonchev–Trinajstić information content (AvgIpc) is 2.94. The molecule has 0 saturated heterocycles. The third kappa shape index (κ3) is 3.14. The van der Waals surface area contributed by atoms with Crippen LogP contribution in [0.3, 0.4) is 0 Å². The number of aromatic nitrogens is 1. The lowest BCUT2D eigenvalue weighted by Crippen LogP contribution is -2.39. The number of benzene rings is 3. The number of amides is 1. The van der Waals surface area contributed by atoms with Crippen molar-refractivity contribution in [2.45, 2.75) is 6.04 Å². The second kappa shape index (κ2) is 7.59. The predicted octanol–water partition coefficient (Wildman–Crippen LogP) is 4.18. The van der Waals surface area contributed by atoms with Gasteiger partial charge in [-0.25, -0.2) is 4.79 Å². The van der Waals surface area contributed by atoms with Gasteiger partial charge in [-0.15, -0.1) is 0 Å². The normalized spacial score (nSPS) is 15.8. The van der Waals surface area contributed by atoms with Gasteiger partial charge in [-0.3, -0.25) is 24.8 Å². The monoisotopic (exact) mass is 425 g/mol. The van der Waals surface area contributed by atoms with E-state index in [1.165, 1.54) is 23.2 Å². The minimum Gasteiger partial charge on any atom is -0.419 e. The van der Waals surface area contributed by atoms with Crippen molar-refractivity contribution >= 4 is 34.0 Å². The Bertz CT molecular complexity index is 1370. The number of non-ortho nitro benzene ring substituents is 1. The number of carbonyl (C=O) groups excluding carboxylic acids is 2. The lowest BCUT2D eigenvalue weighted by Gasteiger charge is -2.30. The molecule has 32 heavy (non-hydrogen) atoms. The van der Waals surface area contributed by atoms with Crippen LogP contribution in [0, 0.1) is 10.1 Å². The summed E-state index contributed by atoms with van der Waals surface area (Å²) in [5.41, 5.74) is 1.52. The summed E-state index contributed by atoms with van der Waals surface area (Å²) in [6.07, 6.45) is 3.05. The van der Waals surface area contributed by atoms with E-state index in [2.05, 4.69) is 4.98 Å². The highest BCUT2D eigenvalue weighted by Gasteiger charge is 2.39. The molecule has 1 aliphatic rings. The number of nitrogens with zero attached hydrogens (tertiary/aromatic N) is 3. The number of hydrogen-bond donors (Lipinski definition) is 0. The van der Waals surface area contributed by atoms with Crippen molar-refractivity contribution in [3.8, 4) is 5.75 Å². The number of nitro benzene ring substituents is 1. The van der Waals surface area contributed by atoms with Crippen LogP contribution in [0.25, 0.3) is 10.8 Å². The largest absolute Gasteiger partial charge is 0.419 e. The van der Waals surface area contributed by atoms with Gasteiger partial charge in [0, 0.05) is 23.9 Å². The third-order valence-corrected chi connectivity index (χ3v) is 5.40. The number of rotatable bonds is 3. The topological polar surface area (TPSA) is 103 Å². The summed E-state index contributed by atoms with van der Waals surface area (Å²) in [6, 6.07) is 19.5. The third-order valence-electron chi connectivity index (χ3n) is 5.40. The fourth-order valence-electron chi connectivity index (χ4n) is 3.99. The Morgan fingerprint density at radius 1 is 0.938 bits per heavy atom. The van der Waals surface area contributed by atoms with Crippen LogP contribution in [-0.2, 0) is 9.59 Å². The SMILES string of the molecule is O=C1Oc2ccc3ccccc3c2C(c2ccc([N+](=O)[O-])cc2)N(c2cccnc2)C1=O. The van der Waals surface area contributed by atoms with Crippen molar-refractivity contribution in [3.63, 3.8) is 0 Å². The van der Waals surface area contributed by atoms with Crippen LogP contribution in [0.4, 0.5) is 11.4 Å². The molecule has 5 rings (SSSR count). The lowest BCUT2D eigenvalue weighted by atomic mass is 9.91. The molecule has 1 atom stereocenters. The van der Waals surface area contributed by atoms with Gasteiger partial charge in [-0.1, -0.05) is 30.3 Å². The fourth-order valence-corrected chi connectivity index (χ4v) is 3.99. The highest BCUT2D eigenvalue weighted by molar-refractivity contribution is 6.39. The van der Waals surface area contributed by atoms with Crippen molar-refractivity contribution in [3.05, 3.63) is 106 Å². The number of carbonyl (C=O) groups is 2. The zero-order chi connectivity index (χ0) is 22.2. The minimum absolute atomic E-state index is 0.0768. The molecule has 3 aromatic carbocycles. The Hall–Kier alpha value is -4.59. The van der Waals surface area contributed by atoms with Crippen LogP contribution in [-0.4, -0.2) is 21.8 Å². The molecule has 0 fully saturated rings. The Kier molecular flexibility index (Phi) is 4.59. The van der Waals surface area contributed by atoms with E-state index in [0.717, 1.165) is 10.8 Å². The van der Waals surface area contributed by atoms with E-state index in [4.69, 9.17) is 4.74 Å². The summed E-state index contributed by atoms with van der Waals surface area (Å²) in [5, 5.41) is 12.9. The van der Waals surface area contributed by atoms with E-state index in [0.29, 0.717) is 16.8 Å². The van der Waals surface area contributed by atoms with Crippen molar-refractivity contribution in [2.24, 2.45) is 0 Å². The first-order valence-corrected chi connectivity index (χ1v) is 9.76. The van der Waals surface area contributed by atoms with E-state index in [1.807, 2.05) is 30.3 Å². The second-order valence-corrected chi connectivity index (χ2v) is 7.23. The van der Waals surface area contributed by atoms with E-state index in [1.54, 1.807) is 36.5 Å². The lowest BCUT2D eigenvalue weighted by molar-refractivity contribution is -0.384. The van der Waals surface area contributed by atoms with Crippen molar-refractivity contribution < 1.29 is 19.2 Å². The van der Waals surface area contributed by atoms with Gasteiger partial charge >= 0.3 is 11.9 Å². The maximum atomic E-state index is 13.2. The number of nitro groups is 1. The molecule has 156 valence electrons. The fraction of sp³-hybridized carbons (Fsp3) is 0.0417. The van der Waals surface area contributed by atoms with Gasteiger partial charge in [0.1, 0.15) is 5.75 Å². The van der Waals surface area contributed by atoms with Crippen LogP contribution < -0.4 is 9.64 Å². The van der Waals surface area contributed by atoms with Crippen LogP contribution in [0.15, 0.2) is 85.2 Å². The van der Waals surface area contributed by atoms with Crippen molar-refractivity contribution in [2.75, 3.05) is 4.90 Å². The average molecular weight is 425 g/mol. The molecule has 0 saturated carbocycles. The molecule has 1 aliphatic heterocycles. The van der Waals surface area contributed by atoms with E-state index in [9.17, 15) is 19.7 Å². The van der Waals surface area contributed by atoms with E-state index >= 15 is 0 Å². The van der Waals surface area contributed by atoms with Crippen molar-refractivity contribution in [1.82, 2.24) is 4.98 Å². The Balaban J connectivity index is 1.84. The molecule has 1 amide bonds. The van der Waals surface area contributed by atoms with E-state index < -0.39 is 22.8 Å². The molecule has 1 unspecified atom stereocenters. The smallest absolute Gasteiger partial charge is 0.402 e. The minimum atomic E-state index is -1.02. The molecule has 8 heteroatoms. The first-order chi connectivity index (χ1) is 15.5. The Labute approximate surface area is 181 Å². The van der Waals surface area contributed by atoms with Gasteiger partial charge < -0.3 is 4.74 Å². The van der Waals surface area contributed by atoms with Crippen LogP contribution in [0.1, 0.15) is 17.2 Å². The number of ether oxygens (including phenoxy) is 1. The summed E-state index contributed by atoms with van der Waals surface area (Å²) in [7, 11) is 0. The molecular weight excluding hydrogens is 410 g/mol. The Morgan fingerprint density at radius 2 is 1.72 bits per heavy atom. The standard InChI is InChI=1S/C24H15N3O5/c28-23-24(29)32-20-12-9-15-4-1-2-6-19(15)21(20)22(26(23)18-5-3-13-25-14-18)16-7-10-17(11-8-16)27(30)31/h1-14,22H. The molecule has 1 aromatic heterocycles. The number of esters is 1. The zero-order valence-corrected chi connectivity index (χ0v) is 16.5. The summed E-state index contributed by atoms with van der Waals surface area (Å²) >= 11 is 0. The van der Waals surface area contributed by atoms with Gasteiger partial charge in [-0.05, 0) is 46.7 Å². The first kappa shape index (κ1) is 19.4. The molecule has 4 aromatic rings. The van der Waals surface area contributed by atoms with Crippen LogP contribution >= 0.6 is 0 Å². The summed E-state index contributed by atoms with van der Waals surface area (Å²) in [6.45, 7) is 0. The first-order valence-electron chi connectivity index (χ1n) is 9.76. The quantitative estimate of drug-likeness (QED) is 0.160. The van der Waals surface area contributed by atoms with Gasteiger partial charge in [0.15, 0.2) is 0 Å². The van der Waals surface area contributed by atoms with Gasteiger partial charge in [0.25, 0.3) is 5.69 Å². The number of pyridine rings is 1. The van der Waals surface area contributed by atoms with Crippen molar-refractivity contribution in [1.29, 1.82) is 0 Å². The molecule has 0 radical (unpaired) electrons. The molecule has 8 nitrogen and oxygen atoms in total. The molecule has 0 bridgehead atoms. The highest BCUT2D eigenvalue weighted by atomic mass is 16.6. The van der Waals surface area contributed by atoms with Crippen LogP contribution in [0.5, 0.6) is 5.75 Å². The highest BCUT2D eigenvalue weighted by Crippen LogP contribution is 2.43. The van der Waals surface area contributed by atoms with Gasteiger partial charge in [0.05, 0.1) is 22.8 Å². The summed E-state index contributed by atoms with van der Waals surface area (Å²) < 4.78 is 5.48.